The molecule has 27 heavy (non-hydrogen) atoms. The second kappa shape index (κ2) is 11.2. The highest BCUT2D eigenvalue weighted by atomic mass is 16.6. The van der Waals surface area contributed by atoms with Crippen molar-refractivity contribution >= 4 is 17.8 Å². The van der Waals surface area contributed by atoms with E-state index in [1.807, 2.05) is 30.3 Å². The highest BCUT2D eigenvalue weighted by Gasteiger charge is 2.34. The summed E-state index contributed by atoms with van der Waals surface area (Å²) < 4.78 is 10.6. The summed E-state index contributed by atoms with van der Waals surface area (Å²) in [4.78, 5) is 38.2. The maximum atomic E-state index is 12.4. The smallest absolute Gasteiger partial charge is 0.308 e. The summed E-state index contributed by atoms with van der Waals surface area (Å²) in [5.74, 6) is -0.199. The third-order valence-electron chi connectivity index (χ3n) is 4.36. The number of unbranched alkanes of at least 4 members (excludes halogenated alkanes) is 2. The van der Waals surface area contributed by atoms with Crippen LogP contribution < -0.4 is 10.1 Å². The summed E-state index contributed by atoms with van der Waals surface area (Å²) in [6, 6.07) is 8.43. The molecule has 148 valence electrons. The van der Waals surface area contributed by atoms with Crippen molar-refractivity contribution in [2.75, 3.05) is 26.3 Å². The topological polar surface area (TPSA) is 84.9 Å². The monoisotopic (exact) mass is 376 g/mol. The Balaban J connectivity index is 1.77. The maximum absolute atomic E-state index is 12.4. The Morgan fingerprint density at radius 3 is 2.70 bits per heavy atom. The molecular weight excluding hydrogens is 348 g/mol. The highest BCUT2D eigenvalue weighted by molar-refractivity contribution is 5.91. The van der Waals surface area contributed by atoms with E-state index in [1.165, 1.54) is 4.90 Å². The van der Waals surface area contributed by atoms with Gasteiger partial charge in [-0.1, -0.05) is 38.0 Å². The van der Waals surface area contributed by atoms with Crippen molar-refractivity contribution in [3.63, 3.8) is 0 Å². The predicted molar refractivity (Wildman–Crippen MR) is 100 cm³/mol. The Kier molecular flexibility index (Phi) is 8.61. The van der Waals surface area contributed by atoms with Gasteiger partial charge in [0.1, 0.15) is 25.0 Å². The van der Waals surface area contributed by atoms with E-state index < -0.39 is 12.0 Å². The fourth-order valence-electron chi connectivity index (χ4n) is 2.93. The number of rotatable bonds is 10. The normalized spacial score (nSPS) is 16.6. The predicted octanol–water partition coefficient (Wildman–Crippen LogP) is 1.91. The van der Waals surface area contributed by atoms with Crippen LogP contribution in [-0.2, 0) is 19.1 Å². The summed E-state index contributed by atoms with van der Waals surface area (Å²) in [6.07, 6.45) is 3.05. The van der Waals surface area contributed by atoms with Crippen LogP contribution in [0.2, 0.25) is 0 Å². The Morgan fingerprint density at radius 1 is 1.19 bits per heavy atom. The molecule has 1 aromatic rings. The van der Waals surface area contributed by atoms with Crippen LogP contribution in [0.1, 0.15) is 39.0 Å². The van der Waals surface area contributed by atoms with Gasteiger partial charge in [0.05, 0.1) is 6.42 Å². The molecule has 0 spiro atoms. The lowest BCUT2D eigenvalue weighted by Gasteiger charge is -2.34. The number of piperazine rings is 1. The molecule has 1 aliphatic heterocycles. The van der Waals surface area contributed by atoms with Crippen LogP contribution >= 0.6 is 0 Å². The van der Waals surface area contributed by atoms with Gasteiger partial charge in [-0.15, -0.1) is 0 Å². The van der Waals surface area contributed by atoms with Gasteiger partial charge in [0.15, 0.2) is 0 Å². The van der Waals surface area contributed by atoms with Crippen molar-refractivity contribution in [1.29, 1.82) is 0 Å². The third kappa shape index (κ3) is 6.92. The first-order valence-corrected chi connectivity index (χ1v) is 9.52. The lowest BCUT2D eigenvalue weighted by Crippen LogP contribution is -2.57. The average molecular weight is 376 g/mol. The number of hydrogen-bond acceptors (Lipinski definition) is 5. The molecule has 0 aliphatic carbocycles. The Morgan fingerprint density at radius 2 is 1.96 bits per heavy atom. The largest absolute Gasteiger partial charge is 0.490 e. The van der Waals surface area contributed by atoms with E-state index in [2.05, 4.69) is 12.2 Å². The van der Waals surface area contributed by atoms with Crippen LogP contribution in [-0.4, -0.2) is 55.0 Å². The molecule has 2 rings (SSSR count). The molecule has 1 fully saturated rings. The first-order valence-electron chi connectivity index (χ1n) is 9.52. The van der Waals surface area contributed by atoms with Crippen LogP contribution in [0.25, 0.3) is 0 Å². The zero-order valence-corrected chi connectivity index (χ0v) is 15.8. The van der Waals surface area contributed by atoms with E-state index in [0.29, 0.717) is 25.3 Å². The van der Waals surface area contributed by atoms with E-state index >= 15 is 0 Å². The molecule has 1 unspecified atom stereocenters. The summed E-state index contributed by atoms with van der Waals surface area (Å²) in [6.45, 7) is 3.22. The standard InChI is InChI=1S/C20H28N2O5/c1-2-3-5-10-18(23)22-12-11-21-20(25)17(22)15-19(24)27-14-13-26-16-8-6-4-7-9-16/h4,6-9,17H,2-3,5,10-15H2,1H3,(H,21,25). The molecule has 0 bridgehead atoms. The first kappa shape index (κ1) is 20.7. The van der Waals surface area contributed by atoms with Gasteiger partial charge in [-0.2, -0.15) is 0 Å². The molecule has 1 aliphatic rings. The Labute approximate surface area is 160 Å². The second-order valence-corrected chi connectivity index (χ2v) is 6.44. The number of para-hydroxylation sites is 1. The van der Waals surface area contributed by atoms with E-state index in [9.17, 15) is 14.4 Å². The molecule has 0 saturated carbocycles. The number of nitrogens with one attached hydrogen (secondary N) is 1. The fraction of sp³-hybridized carbons (Fsp3) is 0.550. The molecular formula is C20H28N2O5. The summed E-state index contributed by atoms with van der Waals surface area (Å²) in [5, 5.41) is 2.71. The van der Waals surface area contributed by atoms with Gasteiger partial charge in [0.25, 0.3) is 0 Å². The summed E-state index contributed by atoms with van der Waals surface area (Å²) >= 11 is 0. The quantitative estimate of drug-likeness (QED) is 0.498. The highest BCUT2D eigenvalue weighted by Crippen LogP contribution is 2.14. The number of amides is 2. The molecule has 7 nitrogen and oxygen atoms in total. The van der Waals surface area contributed by atoms with E-state index in [0.717, 1.165) is 19.3 Å². The van der Waals surface area contributed by atoms with Crippen LogP contribution in [0.4, 0.5) is 0 Å². The molecule has 1 atom stereocenters. The zero-order valence-electron chi connectivity index (χ0n) is 15.8. The van der Waals surface area contributed by atoms with Crippen molar-refractivity contribution in [2.24, 2.45) is 0 Å². The number of carbonyl (C=O) groups excluding carboxylic acids is 3. The van der Waals surface area contributed by atoms with Gasteiger partial charge in [0.2, 0.25) is 11.8 Å². The summed E-state index contributed by atoms with van der Waals surface area (Å²) in [5.41, 5.74) is 0. The fourth-order valence-corrected chi connectivity index (χ4v) is 2.93. The first-order chi connectivity index (χ1) is 13.1. The molecule has 2 amide bonds. The minimum Gasteiger partial charge on any atom is -0.490 e. The van der Waals surface area contributed by atoms with Crippen LogP contribution in [0, 0.1) is 0 Å². The third-order valence-corrected chi connectivity index (χ3v) is 4.36. The van der Waals surface area contributed by atoms with Crippen molar-refractivity contribution in [3.05, 3.63) is 30.3 Å². The van der Waals surface area contributed by atoms with Crippen molar-refractivity contribution in [2.45, 2.75) is 45.1 Å². The maximum Gasteiger partial charge on any atom is 0.308 e. The lowest BCUT2D eigenvalue weighted by molar-refractivity contribution is -0.152. The molecule has 1 N–H and O–H groups in total. The lowest BCUT2D eigenvalue weighted by atomic mass is 10.1. The molecule has 1 aromatic carbocycles. The molecule has 0 radical (unpaired) electrons. The van der Waals surface area contributed by atoms with E-state index in [4.69, 9.17) is 9.47 Å². The number of ether oxygens (including phenoxy) is 2. The van der Waals surface area contributed by atoms with E-state index in [1.54, 1.807) is 0 Å². The van der Waals surface area contributed by atoms with Crippen LogP contribution in [0.5, 0.6) is 5.75 Å². The number of nitrogens with zero attached hydrogens (tertiary/aromatic N) is 1. The summed E-state index contributed by atoms with van der Waals surface area (Å²) in [7, 11) is 0. The van der Waals surface area contributed by atoms with Gasteiger partial charge in [0, 0.05) is 19.5 Å². The van der Waals surface area contributed by atoms with Gasteiger partial charge < -0.3 is 19.7 Å². The minimum absolute atomic E-state index is 0.0801. The molecule has 1 heterocycles. The van der Waals surface area contributed by atoms with Gasteiger partial charge in [-0.25, -0.2) is 0 Å². The van der Waals surface area contributed by atoms with Crippen molar-refractivity contribution in [1.82, 2.24) is 10.2 Å². The van der Waals surface area contributed by atoms with E-state index in [-0.39, 0.29) is 31.4 Å². The second-order valence-electron chi connectivity index (χ2n) is 6.44. The van der Waals surface area contributed by atoms with Crippen LogP contribution in [0.15, 0.2) is 30.3 Å². The molecule has 0 aromatic heterocycles. The van der Waals surface area contributed by atoms with Gasteiger partial charge in [-0.3, -0.25) is 14.4 Å². The van der Waals surface area contributed by atoms with Crippen molar-refractivity contribution < 1.29 is 23.9 Å². The van der Waals surface area contributed by atoms with Gasteiger partial charge >= 0.3 is 5.97 Å². The van der Waals surface area contributed by atoms with Crippen LogP contribution in [0.3, 0.4) is 0 Å². The number of esters is 1. The molecule has 1 saturated heterocycles. The average Bonchev–Trinajstić information content (AvgIpc) is 2.68. The molecule has 7 heteroatoms. The zero-order chi connectivity index (χ0) is 19.5. The number of carbonyl (C=O) groups is 3. The number of benzene rings is 1. The minimum atomic E-state index is -0.796. The Hall–Kier alpha value is -2.57. The van der Waals surface area contributed by atoms with Crippen molar-refractivity contribution in [3.8, 4) is 5.75 Å². The SMILES string of the molecule is CCCCCC(=O)N1CCNC(=O)C1CC(=O)OCCOc1ccccc1. The Bertz CT molecular complexity index is 620. The van der Waals surface area contributed by atoms with Gasteiger partial charge in [-0.05, 0) is 18.6 Å². The number of hydrogen-bond donors (Lipinski definition) is 1.